The van der Waals surface area contributed by atoms with Gasteiger partial charge in [0.1, 0.15) is 11.9 Å². The van der Waals surface area contributed by atoms with Gasteiger partial charge in [-0.15, -0.1) is 0 Å². The molecule has 0 bridgehead atoms. The van der Waals surface area contributed by atoms with Crippen LogP contribution in [0.4, 0.5) is 0 Å². The molecule has 1 aliphatic rings. The molecule has 0 spiro atoms. The van der Waals surface area contributed by atoms with Crippen molar-refractivity contribution in [2.45, 2.75) is 52.6 Å². The number of aliphatic hydroxyl groups excluding tert-OH is 1. The quantitative estimate of drug-likeness (QED) is 0.879. The highest BCUT2D eigenvalue weighted by molar-refractivity contribution is 5.08. The highest BCUT2D eigenvalue weighted by atomic mass is 16.4. The van der Waals surface area contributed by atoms with Gasteiger partial charge in [0.05, 0.1) is 6.26 Å². The Morgan fingerprint density at radius 3 is 2.47 bits per heavy atom. The fourth-order valence-corrected chi connectivity index (χ4v) is 3.40. The molecule has 19 heavy (non-hydrogen) atoms. The van der Waals surface area contributed by atoms with Gasteiger partial charge in [0.25, 0.3) is 0 Å². The van der Waals surface area contributed by atoms with Crippen LogP contribution < -0.4 is 5.73 Å². The van der Waals surface area contributed by atoms with E-state index in [2.05, 4.69) is 20.8 Å². The van der Waals surface area contributed by atoms with E-state index in [1.54, 1.807) is 6.26 Å². The average Bonchev–Trinajstić information content (AvgIpc) is 2.90. The zero-order chi connectivity index (χ0) is 14.1. The van der Waals surface area contributed by atoms with Crippen molar-refractivity contribution in [1.82, 2.24) is 0 Å². The lowest BCUT2D eigenvalue weighted by atomic mass is 9.62. The van der Waals surface area contributed by atoms with Crippen LogP contribution in [0.2, 0.25) is 0 Å². The van der Waals surface area contributed by atoms with Gasteiger partial charge in [0.2, 0.25) is 0 Å². The molecule has 3 N–H and O–H groups in total. The van der Waals surface area contributed by atoms with Gasteiger partial charge < -0.3 is 15.3 Å². The minimum absolute atomic E-state index is 0.209. The van der Waals surface area contributed by atoms with E-state index in [1.165, 1.54) is 0 Å². The maximum atomic E-state index is 10.6. The molecule has 1 aliphatic carbocycles. The zero-order valence-electron chi connectivity index (χ0n) is 12.4. The number of nitrogens with two attached hydrogens (primary N) is 1. The van der Waals surface area contributed by atoms with E-state index in [0.29, 0.717) is 17.7 Å². The Bertz CT molecular complexity index is 383. The molecule has 0 aliphatic heterocycles. The summed E-state index contributed by atoms with van der Waals surface area (Å²) in [5, 5.41) is 10.6. The summed E-state index contributed by atoms with van der Waals surface area (Å²) < 4.78 is 5.36. The van der Waals surface area contributed by atoms with Crippen LogP contribution >= 0.6 is 0 Å². The maximum absolute atomic E-state index is 10.6. The molecule has 1 heterocycles. The fourth-order valence-electron chi connectivity index (χ4n) is 3.40. The first-order chi connectivity index (χ1) is 8.89. The van der Waals surface area contributed by atoms with Gasteiger partial charge in [-0.05, 0) is 49.1 Å². The van der Waals surface area contributed by atoms with Crippen molar-refractivity contribution in [2.75, 3.05) is 6.54 Å². The van der Waals surface area contributed by atoms with Gasteiger partial charge in [0, 0.05) is 12.0 Å². The first-order valence-corrected chi connectivity index (χ1v) is 7.30. The maximum Gasteiger partial charge on any atom is 0.132 e. The smallest absolute Gasteiger partial charge is 0.132 e. The van der Waals surface area contributed by atoms with E-state index in [9.17, 15) is 5.11 Å². The van der Waals surface area contributed by atoms with Crippen LogP contribution in [-0.4, -0.2) is 11.7 Å². The molecular weight excluding hydrogens is 238 g/mol. The Morgan fingerprint density at radius 1 is 1.42 bits per heavy atom. The lowest BCUT2D eigenvalue weighted by Gasteiger charge is -2.45. The lowest BCUT2D eigenvalue weighted by Crippen LogP contribution is -2.42. The largest absolute Gasteiger partial charge is 0.467 e. The van der Waals surface area contributed by atoms with Crippen molar-refractivity contribution in [2.24, 2.45) is 22.5 Å². The summed E-state index contributed by atoms with van der Waals surface area (Å²) in [4.78, 5) is 0. The summed E-state index contributed by atoms with van der Waals surface area (Å²) in [7, 11) is 0. The molecule has 108 valence electrons. The van der Waals surface area contributed by atoms with E-state index < -0.39 is 6.10 Å². The molecule has 2 rings (SSSR count). The van der Waals surface area contributed by atoms with Crippen molar-refractivity contribution in [3.05, 3.63) is 24.2 Å². The molecule has 0 radical (unpaired) electrons. The molecule has 3 nitrogen and oxygen atoms in total. The standard InChI is InChI=1S/C16H27NO2/c1-15(2,3)12-6-8-16(11-17,9-7-12)14(18)13-5-4-10-19-13/h4-5,10,12,14,18H,6-9,11,17H2,1-3H3. The van der Waals surface area contributed by atoms with E-state index in [1.807, 2.05) is 12.1 Å². The predicted molar refractivity (Wildman–Crippen MR) is 76.6 cm³/mol. The predicted octanol–water partition coefficient (Wildman–Crippen LogP) is 3.49. The Morgan fingerprint density at radius 2 is 2.05 bits per heavy atom. The monoisotopic (exact) mass is 265 g/mol. The number of aliphatic hydroxyl groups is 1. The van der Waals surface area contributed by atoms with Gasteiger partial charge in [-0.25, -0.2) is 0 Å². The Balaban J connectivity index is 2.10. The average molecular weight is 265 g/mol. The normalized spacial score (nSPS) is 30.3. The molecule has 0 amide bonds. The van der Waals surface area contributed by atoms with Crippen LogP contribution in [-0.2, 0) is 0 Å². The molecule has 1 unspecified atom stereocenters. The summed E-state index contributed by atoms with van der Waals surface area (Å²) in [6.07, 6.45) is 5.27. The van der Waals surface area contributed by atoms with E-state index in [0.717, 1.165) is 31.6 Å². The molecular formula is C16H27NO2. The Hall–Kier alpha value is -0.800. The first-order valence-electron chi connectivity index (χ1n) is 7.30. The van der Waals surface area contributed by atoms with Gasteiger partial charge in [-0.2, -0.15) is 0 Å². The van der Waals surface area contributed by atoms with Crippen LogP contribution in [0.25, 0.3) is 0 Å². The topological polar surface area (TPSA) is 59.4 Å². The van der Waals surface area contributed by atoms with E-state index in [4.69, 9.17) is 10.2 Å². The Labute approximate surface area is 116 Å². The number of hydrogen-bond donors (Lipinski definition) is 2. The fraction of sp³-hybridized carbons (Fsp3) is 0.750. The van der Waals surface area contributed by atoms with Crippen molar-refractivity contribution in [3.8, 4) is 0 Å². The SMILES string of the molecule is CC(C)(C)C1CCC(CN)(C(O)c2ccco2)CC1. The second kappa shape index (κ2) is 5.29. The van der Waals surface area contributed by atoms with Crippen molar-refractivity contribution in [3.63, 3.8) is 0 Å². The van der Waals surface area contributed by atoms with Crippen LogP contribution in [0.5, 0.6) is 0 Å². The summed E-state index contributed by atoms with van der Waals surface area (Å²) in [6, 6.07) is 3.67. The second-order valence-electron chi connectivity index (χ2n) is 7.12. The highest BCUT2D eigenvalue weighted by Crippen LogP contribution is 2.50. The van der Waals surface area contributed by atoms with Gasteiger partial charge in [-0.3, -0.25) is 0 Å². The molecule has 1 aromatic heterocycles. The zero-order valence-corrected chi connectivity index (χ0v) is 12.4. The van der Waals surface area contributed by atoms with Crippen LogP contribution in [0, 0.1) is 16.7 Å². The lowest BCUT2D eigenvalue weighted by molar-refractivity contribution is -0.0342. The summed E-state index contributed by atoms with van der Waals surface area (Å²) in [6.45, 7) is 7.42. The van der Waals surface area contributed by atoms with E-state index >= 15 is 0 Å². The molecule has 0 aromatic carbocycles. The molecule has 1 aromatic rings. The molecule has 1 atom stereocenters. The molecule has 0 saturated heterocycles. The van der Waals surface area contributed by atoms with Crippen molar-refractivity contribution in [1.29, 1.82) is 0 Å². The third-order valence-electron chi connectivity index (χ3n) is 5.01. The second-order valence-corrected chi connectivity index (χ2v) is 7.12. The van der Waals surface area contributed by atoms with Crippen LogP contribution in [0.1, 0.15) is 58.3 Å². The number of rotatable bonds is 3. The third kappa shape index (κ3) is 2.87. The van der Waals surface area contributed by atoms with Crippen LogP contribution in [0.3, 0.4) is 0 Å². The summed E-state index contributed by atoms with van der Waals surface area (Å²) >= 11 is 0. The van der Waals surface area contributed by atoms with Gasteiger partial charge >= 0.3 is 0 Å². The van der Waals surface area contributed by atoms with Crippen molar-refractivity contribution < 1.29 is 9.52 Å². The summed E-state index contributed by atoms with van der Waals surface area (Å²) in [5.41, 5.74) is 6.13. The molecule has 1 saturated carbocycles. The number of furan rings is 1. The van der Waals surface area contributed by atoms with E-state index in [-0.39, 0.29) is 5.41 Å². The third-order valence-corrected chi connectivity index (χ3v) is 5.01. The first kappa shape index (κ1) is 14.6. The Kier molecular flexibility index (Phi) is 4.07. The van der Waals surface area contributed by atoms with Gasteiger partial charge in [-0.1, -0.05) is 20.8 Å². The highest BCUT2D eigenvalue weighted by Gasteiger charge is 2.44. The molecule has 1 fully saturated rings. The van der Waals surface area contributed by atoms with Crippen molar-refractivity contribution >= 4 is 0 Å². The summed E-state index contributed by atoms with van der Waals surface area (Å²) in [5.74, 6) is 1.37. The number of hydrogen-bond acceptors (Lipinski definition) is 3. The van der Waals surface area contributed by atoms with Gasteiger partial charge in [0.15, 0.2) is 0 Å². The van der Waals surface area contributed by atoms with Crippen LogP contribution in [0.15, 0.2) is 22.8 Å². The minimum atomic E-state index is -0.576. The molecule has 3 heteroatoms. The minimum Gasteiger partial charge on any atom is -0.467 e.